The largest absolute Gasteiger partial charge is 0.494 e. The molecule has 0 radical (unpaired) electrons. The molecule has 1 aromatic rings. The summed E-state index contributed by atoms with van der Waals surface area (Å²) < 4.78 is 12.4. The van der Waals surface area contributed by atoms with Gasteiger partial charge in [-0.25, -0.2) is 0 Å². The van der Waals surface area contributed by atoms with Crippen LogP contribution in [0.5, 0.6) is 0 Å². The standard InChI is InChI=1S/C21H30BNO2/c1-20(2)21(3,4)25-22(24-20)17-8-6-7-15(12-17)11-16-13-18-9-10-19(14-16)23(18)5/h6-8,12-13,18-19H,9-11,14H2,1-5H3. The van der Waals surface area contributed by atoms with Gasteiger partial charge in [-0.1, -0.05) is 35.9 Å². The van der Waals surface area contributed by atoms with Crippen LogP contribution in [-0.4, -0.2) is 42.4 Å². The van der Waals surface area contributed by atoms with E-state index in [1.165, 1.54) is 24.8 Å². The van der Waals surface area contributed by atoms with Gasteiger partial charge in [0.2, 0.25) is 0 Å². The van der Waals surface area contributed by atoms with E-state index in [0.29, 0.717) is 6.04 Å². The zero-order valence-electron chi connectivity index (χ0n) is 16.2. The molecule has 2 fully saturated rings. The minimum atomic E-state index is -0.288. The molecule has 4 rings (SSSR count). The molecular weight excluding hydrogens is 309 g/mol. The van der Waals surface area contributed by atoms with Crippen LogP contribution < -0.4 is 5.46 Å². The van der Waals surface area contributed by atoms with Gasteiger partial charge in [-0.2, -0.15) is 0 Å². The maximum absolute atomic E-state index is 6.21. The maximum Gasteiger partial charge on any atom is 0.494 e. The molecule has 2 saturated heterocycles. The second kappa shape index (κ2) is 5.97. The lowest BCUT2D eigenvalue weighted by Crippen LogP contribution is -2.41. The molecule has 2 unspecified atom stereocenters. The number of nitrogens with zero attached hydrogens (tertiary/aromatic N) is 1. The Bertz CT molecular complexity index is 681. The Morgan fingerprint density at radius 2 is 1.84 bits per heavy atom. The summed E-state index contributed by atoms with van der Waals surface area (Å²) in [5.74, 6) is 0. The van der Waals surface area contributed by atoms with E-state index in [4.69, 9.17) is 9.31 Å². The molecule has 134 valence electrons. The monoisotopic (exact) mass is 339 g/mol. The normalized spacial score (nSPS) is 30.6. The first kappa shape index (κ1) is 17.3. The van der Waals surface area contributed by atoms with Crippen LogP contribution in [0, 0.1) is 0 Å². The molecule has 0 spiro atoms. The number of hydrogen-bond acceptors (Lipinski definition) is 3. The van der Waals surface area contributed by atoms with Crippen molar-refractivity contribution in [2.45, 2.75) is 76.7 Å². The van der Waals surface area contributed by atoms with Gasteiger partial charge in [-0.3, -0.25) is 4.90 Å². The SMILES string of the molecule is CN1C2C=C(Cc3cccc(B4OC(C)(C)C(C)(C)O4)c3)CC1CC2. The molecule has 0 amide bonds. The van der Waals surface area contributed by atoms with Crippen LogP contribution in [-0.2, 0) is 15.7 Å². The Morgan fingerprint density at radius 3 is 2.52 bits per heavy atom. The molecule has 3 aliphatic heterocycles. The lowest BCUT2D eigenvalue weighted by atomic mass is 9.78. The van der Waals surface area contributed by atoms with Crippen molar-refractivity contribution in [3.63, 3.8) is 0 Å². The molecule has 3 aliphatic rings. The maximum atomic E-state index is 6.21. The van der Waals surface area contributed by atoms with Crippen LogP contribution >= 0.6 is 0 Å². The van der Waals surface area contributed by atoms with Crippen molar-refractivity contribution < 1.29 is 9.31 Å². The summed E-state index contributed by atoms with van der Waals surface area (Å²) in [6, 6.07) is 10.2. The molecule has 3 heterocycles. The third kappa shape index (κ3) is 3.09. The average molecular weight is 339 g/mol. The summed E-state index contributed by atoms with van der Waals surface area (Å²) in [5.41, 5.74) is 3.51. The first-order valence-electron chi connectivity index (χ1n) is 9.61. The van der Waals surface area contributed by atoms with E-state index in [-0.39, 0.29) is 18.3 Å². The highest BCUT2D eigenvalue weighted by molar-refractivity contribution is 6.62. The van der Waals surface area contributed by atoms with Crippen molar-refractivity contribution in [3.8, 4) is 0 Å². The average Bonchev–Trinajstić information content (AvgIpc) is 2.88. The number of hydrogen-bond donors (Lipinski definition) is 0. The van der Waals surface area contributed by atoms with E-state index in [0.717, 1.165) is 17.9 Å². The Morgan fingerprint density at radius 1 is 1.12 bits per heavy atom. The van der Waals surface area contributed by atoms with Crippen molar-refractivity contribution >= 4 is 12.6 Å². The Balaban J connectivity index is 1.51. The van der Waals surface area contributed by atoms with E-state index < -0.39 is 0 Å². The minimum absolute atomic E-state index is 0.271. The Kier molecular flexibility index (Phi) is 4.14. The van der Waals surface area contributed by atoms with Gasteiger partial charge in [-0.15, -0.1) is 0 Å². The number of fused-ring (bicyclic) bond motifs is 2. The van der Waals surface area contributed by atoms with Crippen molar-refractivity contribution in [3.05, 3.63) is 41.5 Å². The van der Waals surface area contributed by atoms with Gasteiger partial charge >= 0.3 is 7.12 Å². The summed E-state index contributed by atoms with van der Waals surface area (Å²) in [4.78, 5) is 2.55. The Labute approximate surface area is 152 Å². The van der Waals surface area contributed by atoms with Crippen molar-refractivity contribution in [2.24, 2.45) is 0 Å². The van der Waals surface area contributed by atoms with Crippen LogP contribution in [0.2, 0.25) is 0 Å². The molecule has 0 saturated carbocycles. The summed E-state index contributed by atoms with van der Waals surface area (Å²) in [7, 11) is 2.00. The van der Waals surface area contributed by atoms with Crippen molar-refractivity contribution in [1.82, 2.24) is 4.90 Å². The molecule has 0 aromatic heterocycles. The Hall–Kier alpha value is -1.10. The molecular formula is C21H30BNO2. The molecule has 3 nitrogen and oxygen atoms in total. The fourth-order valence-electron chi connectivity index (χ4n) is 4.35. The minimum Gasteiger partial charge on any atom is -0.399 e. The number of rotatable bonds is 3. The molecule has 1 aromatic carbocycles. The molecule has 25 heavy (non-hydrogen) atoms. The van der Waals surface area contributed by atoms with Crippen LogP contribution in [0.4, 0.5) is 0 Å². The molecule has 2 atom stereocenters. The van der Waals surface area contributed by atoms with Gasteiger partial charge in [0, 0.05) is 12.1 Å². The number of benzene rings is 1. The lowest BCUT2D eigenvalue weighted by molar-refractivity contribution is 0.00578. The second-order valence-electron chi connectivity index (χ2n) is 9.00. The third-order valence-electron chi connectivity index (χ3n) is 6.73. The molecule has 2 bridgehead atoms. The van der Waals surface area contributed by atoms with E-state index in [2.05, 4.69) is 70.0 Å². The quantitative estimate of drug-likeness (QED) is 0.623. The third-order valence-corrected chi connectivity index (χ3v) is 6.73. The van der Waals surface area contributed by atoms with Gasteiger partial charge in [-0.05, 0) is 71.5 Å². The topological polar surface area (TPSA) is 21.7 Å². The predicted octanol–water partition coefficient (Wildman–Crippen LogP) is 3.32. The van der Waals surface area contributed by atoms with Gasteiger partial charge in [0.15, 0.2) is 0 Å². The van der Waals surface area contributed by atoms with E-state index in [9.17, 15) is 0 Å². The van der Waals surface area contributed by atoms with E-state index >= 15 is 0 Å². The zero-order valence-corrected chi connectivity index (χ0v) is 16.2. The summed E-state index contributed by atoms with van der Waals surface area (Å²) in [6.45, 7) is 8.43. The highest BCUT2D eigenvalue weighted by atomic mass is 16.7. The van der Waals surface area contributed by atoms with Crippen LogP contribution in [0.3, 0.4) is 0 Å². The predicted molar refractivity (Wildman–Crippen MR) is 103 cm³/mol. The zero-order chi connectivity index (χ0) is 17.8. The van der Waals surface area contributed by atoms with Gasteiger partial charge in [0.05, 0.1) is 11.2 Å². The van der Waals surface area contributed by atoms with Crippen molar-refractivity contribution in [2.75, 3.05) is 7.05 Å². The summed E-state index contributed by atoms with van der Waals surface area (Å²) in [5, 5.41) is 0. The van der Waals surface area contributed by atoms with Gasteiger partial charge in [0.1, 0.15) is 0 Å². The van der Waals surface area contributed by atoms with Crippen LogP contribution in [0.15, 0.2) is 35.9 Å². The van der Waals surface area contributed by atoms with E-state index in [1.807, 2.05) is 0 Å². The highest BCUT2D eigenvalue weighted by Gasteiger charge is 2.51. The second-order valence-corrected chi connectivity index (χ2v) is 9.00. The fourth-order valence-corrected chi connectivity index (χ4v) is 4.35. The first-order chi connectivity index (χ1) is 11.7. The van der Waals surface area contributed by atoms with Crippen LogP contribution in [0.1, 0.15) is 52.5 Å². The summed E-state index contributed by atoms with van der Waals surface area (Å²) in [6.07, 6.45) is 7.43. The number of likely N-dealkylation sites (N-methyl/N-ethyl adjacent to an activating group) is 1. The summed E-state index contributed by atoms with van der Waals surface area (Å²) >= 11 is 0. The van der Waals surface area contributed by atoms with Gasteiger partial charge < -0.3 is 9.31 Å². The molecule has 0 aliphatic carbocycles. The van der Waals surface area contributed by atoms with Crippen molar-refractivity contribution in [1.29, 1.82) is 0 Å². The fraction of sp³-hybridized carbons (Fsp3) is 0.619. The van der Waals surface area contributed by atoms with Gasteiger partial charge in [0.25, 0.3) is 0 Å². The smallest absolute Gasteiger partial charge is 0.399 e. The molecule has 4 heteroatoms. The lowest BCUT2D eigenvalue weighted by Gasteiger charge is -2.32. The highest BCUT2D eigenvalue weighted by Crippen LogP contribution is 2.37. The molecule has 0 N–H and O–H groups in total. The van der Waals surface area contributed by atoms with E-state index in [1.54, 1.807) is 5.57 Å². The first-order valence-corrected chi connectivity index (χ1v) is 9.61. The van der Waals surface area contributed by atoms with Crippen LogP contribution in [0.25, 0.3) is 0 Å².